The summed E-state index contributed by atoms with van der Waals surface area (Å²) in [7, 11) is 1.83. The van der Waals surface area contributed by atoms with Gasteiger partial charge in [-0.25, -0.2) is 4.98 Å². The molecule has 0 spiro atoms. The van der Waals surface area contributed by atoms with Gasteiger partial charge < -0.3 is 9.47 Å². The highest BCUT2D eigenvalue weighted by Gasteiger charge is 2.22. The summed E-state index contributed by atoms with van der Waals surface area (Å²) in [6, 6.07) is 14.5. The monoisotopic (exact) mass is 570 g/mol. The number of nitrogens with zero attached hydrogens (tertiary/aromatic N) is 5. The highest BCUT2D eigenvalue weighted by molar-refractivity contribution is 6.04. The molecule has 3 aromatic rings. The fraction of sp³-hybridized carbons (Fsp3) is 0.515. The SMILES string of the molecule is CN(C(=O)CC1CCCCC1)c1ccc2c(c1)nc(NC(=O)c1ccc(C#N)cc1)n2CCCN1CCCCCCO1. The van der Waals surface area contributed by atoms with E-state index in [0.29, 0.717) is 36.0 Å². The van der Waals surface area contributed by atoms with Crippen molar-refractivity contribution in [2.24, 2.45) is 5.92 Å². The molecule has 0 radical (unpaired) electrons. The van der Waals surface area contributed by atoms with Gasteiger partial charge in [0.05, 0.1) is 29.3 Å². The predicted octanol–water partition coefficient (Wildman–Crippen LogP) is 6.29. The van der Waals surface area contributed by atoms with Gasteiger partial charge in [0.15, 0.2) is 0 Å². The van der Waals surface area contributed by atoms with Crippen LogP contribution in [0.4, 0.5) is 11.6 Å². The van der Waals surface area contributed by atoms with Crippen LogP contribution in [0.2, 0.25) is 0 Å². The first-order valence-electron chi connectivity index (χ1n) is 15.5. The second kappa shape index (κ2) is 14.4. The molecule has 1 N–H and O–H groups in total. The first-order chi connectivity index (χ1) is 20.5. The van der Waals surface area contributed by atoms with Gasteiger partial charge in [-0.2, -0.15) is 10.3 Å². The molecule has 2 fully saturated rings. The number of rotatable bonds is 9. The lowest BCUT2D eigenvalue weighted by Crippen LogP contribution is -2.29. The van der Waals surface area contributed by atoms with Crippen molar-refractivity contribution in [2.75, 3.05) is 37.0 Å². The Labute approximate surface area is 248 Å². The second-order valence-electron chi connectivity index (χ2n) is 11.6. The number of carbonyl (C=O) groups excluding carboxylic acids is 2. The van der Waals surface area contributed by atoms with Crippen LogP contribution in [-0.4, -0.2) is 53.2 Å². The molecule has 42 heavy (non-hydrogen) atoms. The summed E-state index contributed by atoms with van der Waals surface area (Å²) >= 11 is 0. The summed E-state index contributed by atoms with van der Waals surface area (Å²) in [6.45, 7) is 3.13. The number of hydrogen-bond acceptors (Lipinski definition) is 6. The summed E-state index contributed by atoms with van der Waals surface area (Å²) in [5.74, 6) is 0.769. The van der Waals surface area contributed by atoms with Gasteiger partial charge in [-0.1, -0.05) is 32.1 Å². The minimum atomic E-state index is -0.289. The zero-order chi connectivity index (χ0) is 29.3. The first kappa shape index (κ1) is 29.7. The summed E-state index contributed by atoms with van der Waals surface area (Å²) in [4.78, 5) is 38.8. The third kappa shape index (κ3) is 7.55. The molecule has 0 atom stereocenters. The standard InChI is InChI=1S/C33H42N6O3/c1-37(31(40)22-25-10-5-4-6-11-25)28-16-17-30-29(23-28)35-33(36-32(41)27-14-12-26(24-34)13-15-27)39(30)20-9-19-38-18-7-2-3-8-21-42-38/h12-17,23,25H,2-11,18-22H2,1H3,(H,35,36,41). The highest BCUT2D eigenvalue weighted by atomic mass is 16.7. The fourth-order valence-corrected chi connectivity index (χ4v) is 6.02. The average molecular weight is 571 g/mol. The molecule has 0 bridgehead atoms. The molecule has 1 aliphatic carbocycles. The van der Waals surface area contributed by atoms with Crippen LogP contribution in [-0.2, 0) is 16.2 Å². The molecule has 2 amide bonds. The van der Waals surface area contributed by atoms with Crippen LogP contribution < -0.4 is 10.2 Å². The van der Waals surface area contributed by atoms with Gasteiger partial charge >= 0.3 is 0 Å². The number of hydrogen-bond donors (Lipinski definition) is 1. The number of aryl methyl sites for hydroxylation is 1. The number of anilines is 2. The van der Waals surface area contributed by atoms with E-state index < -0.39 is 0 Å². The minimum Gasteiger partial charge on any atom is -0.315 e. The molecular formula is C33H42N6O3. The smallest absolute Gasteiger partial charge is 0.257 e. The van der Waals surface area contributed by atoms with Crippen LogP contribution in [0.25, 0.3) is 11.0 Å². The van der Waals surface area contributed by atoms with Crippen molar-refractivity contribution in [3.8, 4) is 6.07 Å². The predicted molar refractivity (Wildman–Crippen MR) is 164 cm³/mol. The lowest BCUT2D eigenvalue weighted by molar-refractivity contribution is -0.165. The van der Waals surface area contributed by atoms with Crippen LogP contribution in [0.5, 0.6) is 0 Å². The fourth-order valence-electron chi connectivity index (χ4n) is 6.02. The van der Waals surface area contributed by atoms with Gasteiger partial charge in [0.25, 0.3) is 5.91 Å². The Balaban J connectivity index is 1.35. The molecule has 9 heteroatoms. The lowest BCUT2D eigenvalue weighted by Gasteiger charge is -2.24. The maximum absolute atomic E-state index is 13.2. The summed E-state index contributed by atoms with van der Waals surface area (Å²) in [6.07, 6.45) is 12.1. The molecule has 1 aromatic heterocycles. The average Bonchev–Trinajstić information content (AvgIpc) is 3.34. The molecule has 1 saturated carbocycles. The number of imidazole rings is 1. The number of nitrogens with one attached hydrogen (secondary N) is 1. The molecular weight excluding hydrogens is 528 g/mol. The number of amides is 2. The third-order valence-corrected chi connectivity index (χ3v) is 8.55. The van der Waals surface area contributed by atoms with E-state index in [1.165, 1.54) is 32.1 Å². The zero-order valence-electron chi connectivity index (χ0n) is 24.7. The first-order valence-corrected chi connectivity index (χ1v) is 15.5. The van der Waals surface area contributed by atoms with Crippen molar-refractivity contribution in [2.45, 2.75) is 77.2 Å². The maximum Gasteiger partial charge on any atom is 0.257 e. The van der Waals surface area contributed by atoms with Gasteiger partial charge in [-0.15, -0.1) is 0 Å². The summed E-state index contributed by atoms with van der Waals surface area (Å²) in [5.41, 5.74) is 3.38. The van der Waals surface area contributed by atoms with Gasteiger partial charge in [-0.3, -0.25) is 19.7 Å². The normalized spacial score (nSPS) is 16.9. The van der Waals surface area contributed by atoms with Crippen LogP contribution in [0, 0.1) is 17.2 Å². The van der Waals surface area contributed by atoms with Crippen molar-refractivity contribution in [1.29, 1.82) is 5.26 Å². The van der Waals surface area contributed by atoms with E-state index in [0.717, 1.165) is 68.5 Å². The molecule has 5 rings (SSSR count). The second-order valence-corrected chi connectivity index (χ2v) is 11.6. The topological polar surface area (TPSA) is 103 Å². The molecule has 2 heterocycles. The van der Waals surface area contributed by atoms with E-state index in [2.05, 4.69) is 16.4 Å². The van der Waals surface area contributed by atoms with E-state index in [-0.39, 0.29) is 11.8 Å². The molecule has 9 nitrogen and oxygen atoms in total. The molecule has 2 aliphatic rings. The minimum absolute atomic E-state index is 0.128. The summed E-state index contributed by atoms with van der Waals surface area (Å²) in [5, 5.41) is 14.2. The maximum atomic E-state index is 13.2. The van der Waals surface area contributed by atoms with Gasteiger partial charge in [0.2, 0.25) is 11.9 Å². The van der Waals surface area contributed by atoms with E-state index in [1.807, 2.05) is 29.8 Å². The molecule has 0 unspecified atom stereocenters. The Hall–Kier alpha value is -3.74. The summed E-state index contributed by atoms with van der Waals surface area (Å²) < 4.78 is 2.04. The quantitative estimate of drug-likeness (QED) is 0.324. The largest absolute Gasteiger partial charge is 0.315 e. The number of aromatic nitrogens is 2. The van der Waals surface area contributed by atoms with Crippen molar-refractivity contribution in [3.05, 3.63) is 53.6 Å². The highest BCUT2D eigenvalue weighted by Crippen LogP contribution is 2.29. The Morgan fingerprint density at radius 2 is 1.79 bits per heavy atom. The number of nitriles is 1. The van der Waals surface area contributed by atoms with E-state index in [4.69, 9.17) is 15.1 Å². The Morgan fingerprint density at radius 1 is 1.02 bits per heavy atom. The number of hydroxylamine groups is 2. The van der Waals surface area contributed by atoms with Crippen LogP contribution in [0.3, 0.4) is 0 Å². The van der Waals surface area contributed by atoms with Crippen molar-refractivity contribution in [1.82, 2.24) is 14.6 Å². The van der Waals surface area contributed by atoms with Crippen LogP contribution >= 0.6 is 0 Å². The Kier molecular flexibility index (Phi) is 10.2. The van der Waals surface area contributed by atoms with Crippen LogP contribution in [0.1, 0.15) is 86.6 Å². The van der Waals surface area contributed by atoms with Gasteiger partial charge in [0, 0.05) is 44.4 Å². The van der Waals surface area contributed by atoms with E-state index >= 15 is 0 Å². The third-order valence-electron chi connectivity index (χ3n) is 8.55. The molecule has 1 saturated heterocycles. The molecule has 1 aliphatic heterocycles. The van der Waals surface area contributed by atoms with Gasteiger partial charge in [-0.05, 0) is 80.5 Å². The number of benzene rings is 2. The Bertz CT molecular complexity index is 1400. The van der Waals surface area contributed by atoms with E-state index in [9.17, 15) is 9.59 Å². The molecule has 2 aromatic carbocycles. The van der Waals surface area contributed by atoms with E-state index in [1.54, 1.807) is 29.2 Å². The van der Waals surface area contributed by atoms with Crippen molar-refractivity contribution >= 4 is 34.5 Å². The van der Waals surface area contributed by atoms with Crippen molar-refractivity contribution in [3.63, 3.8) is 0 Å². The van der Waals surface area contributed by atoms with Crippen LogP contribution in [0.15, 0.2) is 42.5 Å². The molecule has 222 valence electrons. The van der Waals surface area contributed by atoms with Gasteiger partial charge in [0.1, 0.15) is 0 Å². The van der Waals surface area contributed by atoms with Crippen molar-refractivity contribution < 1.29 is 14.4 Å². The zero-order valence-corrected chi connectivity index (χ0v) is 24.7. The Morgan fingerprint density at radius 3 is 2.57 bits per heavy atom. The number of carbonyl (C=O) groups is 2. The lowest BCUT2D eigenvalue weighted by atomic mass is 9.86. The number of fused-ring (bicyclic) bond motifs is 1.